The first-order chi connectivity index (χ1) is 18.0. The van der Waals surface area contributed by atoms with Gasteiger partial charge >= 0.3 is 0 Å². The van der Waals surface area contributed by atoms with Crippen molar-refractivity contribution >= 4 is 51.9 Å². The number of nitrogens with one attached hydrogen (secondary N) is 2. The molecule has 2 heterocycles. The van der Waals surface area contributed by atoms with Gasteiger partial charge in [-0.2, -0.15) is 0 Å². The molecule has 0 radical (unpaired) electrons. The molecule has 2 N–H and O–H groups in total. The van der Waals surface area contributed by atoms with Gasteiger partial charge in [0.25, 0.3) is 5.91 Å². The molecule has 10 heteroatoms. The first-order valence-corrected chi connectivity index (χ1v) is 13.5. The van der Waals surface area contributed by atoms with Crippen LogP contribution in [-0.2, 0) is 14.4 Å². The molecule has 1 saturated carbocycles. The van der Waals surface area contributed by atoms with E-state index in [-0.39, 0.29) is 41.8 Å². The highest BCUT2D eigenvalue weighted by molar-refractivity contribution is 8.14. The van der Waals surface area contributed by atoms with Gasteiger partial charge in [0, 0.05) is 23.7 Å². The highest BCUT2D eigenvalue weighted by Gasteiger charge is 2.41. The van der Waals surface area contributed by atoms with Crippen molar-refractivity contribution in [2.45, 2.75) is 57.0 Å². The van der Waals surface area contributed by atoms with Crippen LogP contribution in [0.1, 0.15) is 50.5 Å². The van der Waals surface area contributed by atoms with Crippen LogP contribution >= 0.6 is 11.8 Å². The number of para-hydroxylation sites is 1. The largest absolute Gasteiger partial charge is 0.353 e. The van der Waals surface area contributed by atoms with Crippen molar-refractivity contribution in [3.63, 3.8) is 0 Å². The molecule has 0 spiro atoms. The first kappa shape index (κ1) is 25.1. The molecule has 192 valence electrons. The molecule has 1 aliphatic carbocycles. The second-order valence-electron chi connectivity index (χ2n) is 9.34. The predicted octanol–water partition coefficient (Wildman–Crippen LogP) is 4.39. The third-order valence-corrected chi connectivity index (χ3v) is 7.56. The quantitative estimate of drug-likeness (QED) is 0.564. The van der Waals surface area contributed by atoms with Crippen LogP contribution in [0.15, 0.2) is 58.5 Å². The van der Waals surface area contributed by atoms with Crippen LogP contribution in [0.3, 0.4) is 0 Å². The summed E-state index contributed by atoms with van der Waals surface area (Å²) in [4.78, 5) is 49.2. The zero-order valence-electron chi connectivity index (χ0n) is 20.3. The van der Waals surface area contributed by atoms with E-state index < -0.39 is 6.04 Å². The minimum Gasteiger partial charge on any atom is -0.353 e. The van der Waals surface area contributed by atoms with Crippen LogP contribution in [-0.4, -0.2) is 51.5 Å². The van der Waals surface area contributed by atoms with Crippen LogP contribution in [0.4, 0.5) is 15.8 Å². The van der Waals surface area contributed by atoms with E-state index in [1.54, 1.807) is 0 Å². The van der Waals surface area contributed by atoms with Gasteiger partial charge in [0.1, 0.15) is 17.7 Å². The fraction of sp³-hybridized carbons (Fsp3) is 0.370. The number of aliphatic imine (C=N–C) groups is 2. The Hall–Kier alpha value is -3.53. The van der Waals surface area contributed by atoms with E-state index >= 15 is 0 Å². The Morgan fingerprint density at radius 2 is 1.78 bits per heavy atom. The van der Waals surface area contributed by atoms with E-state index in [9.17, 15) is 18.8 Å². The number of anilines is 1. The maximum atomic E-state index is 13.4. The minimum absolute atomic E-state index is 0.00387. The molecular formula is C27H28FN5O3S. The lowest BCUT2D eigenvalue weighted by atomic mass is 9.95. The molecule has 2 aromatic rings. The fourth-order valence-electron chi connectivity index (χ4n) is 4.76. The van der Waals surface area contributed by atoms with Crippen molar-refractivity contribution in [1.29, 1.82) is 0 Å². The van der Waals surface area contributed by atoms with Crippen LogP contribution in [0.25, 0.3) is 0 Å². The zero-order valence-corrected chi connectivity index (χ0v) is 21.1. The van der Waals surface area contributed by atoms with Gasteiger partial charge < -0.3 is 10.6 Å². The van der Waals surface area contributed by atoms with Gasteiger partial charge in [-0.05, 0) is 55.7 Å². The van der Waals surface area contributed by atoms with Crippen molar-refractivity contribution in [2.75, 3.05) is 11.1 Å². The Labute approximate surface area is 218 Å². The highest BCUT2D eigenvalue weighted by Crippen LogP contribution is 2.34. The Kier molecular flexibility index (Phi) is 7.64. The lowest BCUT2D eigenvalue weighted by molar-refractivity contribution is -0.125. The predicted molar refractivity (Wildman–Crippen MR) is 142 cm³/mol. The van der Waals surface area contributed by atoms with E-state index in [0.29, 0.717) is 28.8 Å². The van der Waals surface area contributed by atoms with Crippen LogP contribution < -0.4 is 10.6 Å². The van der Waals surface area contributed by atoms with Crippen molar-refractivity contribution in [3.05, 3.63) is 59.9 Å². The summed E-state index contributed by atoms with van der Waals surface area (Å²) in [5, 5.41) is 6.18. The molecule has 0 unspecified atom stereocenters. The summed E-state index contributed by atoms with van der Waals surface area (Å²) in [5.74, 6) is -0.493. The maximum Gasteiger partial charge on any atom is 0.259 e. The van der Waals surface area contributed by atoms with Crippen molar-refractivity contribution in [1.82, 2.24) is 10.2 Å². The molecule has 37 heavy (non-hydrogen) atoms. The van der Waals surface area contributed by atoms with E-state index in [1.807, 2.05) is 24.3 Å². The highest BCUT2D eigenvalue weighted by atomic mass is 32.2. The van der Waals surface area contributed by atoms with Gasteiger partial charge in [0.2, 0.25) is 11.8 Å². The van der Waals surface area contributed by atoms with E-state index in [4.69, 9.17) is 0 Å². The second-order valence-corrected chi connectivity index (χ2v) is 10.3. The average molecular weight is 522 g/mol. The zero-order chi connectivity index (χ0) is 25.8. The van der Waals surface area contributed by atoms with E-state index in [1.165, 1.54) is 35.6 Å². The number of thioether (sulfide) groups is 1. The number of hydrogen-bond donors (Lipinski definition) is 2. The third kappa shape index (κ3) is 5.90. The van der Waals surface area contributed by atoms with E-state index in [2.05, 4.69) is 20.6 Å². The molecule has 5 rings (SSSR count). The lowest BCUT2D eigenvalue weighted by Crippen LogP contribution is -2.42. The fourth-order valence-corrected chi connectivity index (χ4v) is 5.56. The van der Waals surface area contributed by atoms with Crippen molar-refractivity contribution in [3.8, 4) is 0 Å². The summed E-state index contributed by atoms with van der Waals surface area (Å²) < 4.78 is 13.1. The number of rotatable bonds is 7. The molecule has 8 nitrogen and oxygen atoms in total. The Morgan fingerprint density at radius 3 is 2.57 bits per heavy atom. The molecule has 1 fully saturated rings. The van der Waals surface area contributed by atoms with E-state index in [0.717, 1.165) is 43.0 Å². The van der Waals surface area contributed by atoms with Gasteiger partial charge in [-0.15, -0.1) is 0 Å². The molecule has 0 aromatic heterocycles. The van der Waals surface area contributed by atoms with Crippen LogP contribution in [0.5, 0.6) is 0 Å². The summed E-state index contributed by atoms with van der Waals surface area (Å²) in [6.07, 6.45) is 6.03. The Balaban J connectivity index is 1.25. The van der Waals surface area contributed by atoms with Crippen molar-refractivity contribution in [2.24, 2.45) is 9.98 Å². The summed E-state index contributed by atoms with van der Waals surface area (Å²) in [6, 6.07) is 12.5. The molecular weight excluding hydrogens is 493 g/mol. The molecule has 1 atom stereocenters. The van der Waals surface area contributed by atoms with Gasteiger partial charge in [-0.1, -0.05) is 43.2 Å². The van der Waals surface area contributed by atoms with Crippen LogP contribution in [0.2, 0.25) is 0 Å². The number of carbonyl (C=O) groups is 3. The van der Waals surface area contributed by atoms with Gasteiger partial charge in [0.15, 0.2) is 5.17 Å². The monoisotopic (exact) mass is 521 g/mol. The normalized spacial score (nSPS) is 19.0. The maximum absolute atomic E-state index is 13.4. The average Bonchev–Trinajstić information content (AvgIpc) is 3.24. The third-order valence-electron chi connectivity index (χ3n) is 6.62. The second kappa shape index (κ2) is 11.2. The van der Waals surface area contributed by atoms with Crippen LogP contribution in [0, 0.1) is 5.82 Å². The molecule has 3 aliphatic rings. The molecule has 2 aromatic carbocycles. The summed E-state index contributed by atoms with van der Waals surface area (Å²) in [7, 11) is 0. The number of hydrogen-bond acceptors (Lipinski definition) is 6. The molecule has 2 aliphatic heterocycles. The topological polar surface area (TPSA) is 103 Å². The van der Waals surface area contributed by atoms with Crippen molar-refractivity contribution < 1.29 is 18.8 Å². The number of fused-ring (bicyclic) bond motifs is 3. The summed E-state index contributed by atoms with van der Waals surface area (Å²) >= 11 is 1.13. The first-order valence-electron chi connectivity index (χ1n) is 12.6. The lowest BCUT2D eigenvalue weighted by Gasteiger charge is -2.25. The molecule has 0 saturated heterocycles. The standard InChI is InChI=1S/C27H28FN5O3S/c28-17-10-12-19(13-11-17)30-24(35)16-37-27-32-21-9-5-4-8-20(21)25-31-22(26(36)33(25)27)14-15-23(34)29-18-6-2-1-3-7-18/h4-5,8-13,18,22H,1-3,6-7,14-16H2,(H,29,34)(H,30,35)/t22-/m1/s1. The number of carbonyl (C=O) groups excluding carboxylic acids is 3. The number of benzene rings is 2. The minimum atomic E-state index is -0.683. The Bertz CT molecular complexity index is 1260. The van der Waals surface area contributed by atoms with Gasteiger partial charge in [0.05, 0.1) is 11.4 Å². The Morgan fingerprint density at radius 1 is 1.03 bits per heavy atom. The number of amides is 3. The SMILES string of the molecule is O=C(CSC1=Nc2ccccc2C2=N[C@H](CCC(=O)NC3CCCCC3)C(=O)N12)Nc1ccc(F)cc1. The summed E-state index contributed by atoms with van der Waals surface area (Å²) in [6.45, 7) is 0. The number of halogens is 1. The number of nitrogens with zero attached hydrogens (tertiary/aromatic N) is 3. The summed E-state index contributed by atoms with van der Waals surface area (Å²) in [5.41, 5.74) is 1.89. The van der Waals surface area contributed by atoms with Gasteiger partial charge in [-0.3, -0.25) is 19.4 Å². The molecule has 3 amide bonds. The smallest absolute Gasteiger partial charge is 0.259 e. The number of amidine groups is 2. The molecule has 0 bridgehead atoms. The van der Waals surface area contributed by atoms with Gasteiger partial charge in [-0.25, -0.2) is 14.3 Å².